The number of likely N-dealkylation sites (N-methyl/N-ethyl adjacent to an activating group) is 1. The topological polar surface area (TPSA) is 142 Å². The monoisotopic (exact) mass is 554 g/mol. The van der Waals surface area contributed by atoms with Crippen LogP contribution >= 0.6 is 0 Å². The zero-order valence-electron chi connectivity index (χ0n) is 23.3. The van der Waals surface area contributed by atoms with Gasteiger partial charge in [-0.2, -0.15) is 8.42 Å². The molecule has 0 fully saturated rings. The number of nitrogens with zero attached hydrogens (tertiary/aromatic N) is 2. The maximum atomic E-state index is 11.2. The molecule has 0 saturated heterocycles. The summed E-state index contributed by atoms with van der Waals surface area (Å²) in [7, 11) is 0.0478. The van der Waals surface area contributed by atoms with Crippen molar-refractivity contribution in [3.8, 4) is 11.5 Å². The van der Waals surface area contributed by atoms with Gasteiger partial charge in [0.25, 0.3) is 10.1 Å². The summed E-state index contributed by atoms with van der Waals surface area (Å²) in [5.74, 6) is 1.42. The number of carbonyl (C=O) groups excluding carboxylic acids is 1. The molecule has 0 bridgehead atoms. The highest BCUT2D eigenvalue weighted by molar-refractivity contribution is 7.85. The average Bonchev–Trinajstić information content (AvgIpc) is 2.84. The van der Waals surface area contributed by atoms with Crippen molar-refractivity contribution in [3.63, 3.8) is 0 Å². The summed E-state index contributed by atoms with van der Waals surface area (Å²) >= 11 is 0. The van der Waals surface area contributed by atoms with Crippen LogP contribution in [0.3, 0.4) is 0 Å². The van der Waals surface area contributed by atoms with Gasteiger partial charge >= 0.3 is 5.97 Å². The average molecular weight is 555 g/mol. The molecule has 0 aliphatic carbocycles. The fourth-order valence-electron chi connectivity index (χ4n) is 4.18. The molecule has 11 nitrogen and oxygen atoms in total. The van der Waals surface area contributed by atoms with Crippen LogP contribution in [-0.2, 0) is 30.3 Å². The molecule has 0 radical (unpaired) electrons. The van der Waals surface area contributed by atoms with Crippen molar-refractivity contribution in [1.29, 1.82) is 0 Å². The lowest BCUT2D eigenvalue weighted by Gasteiger charge is -2.38. The molecule has 0 spiro atoms. The molecule has 12 heteroatoms. The first-order valence-electron chi connectivity index (χ1n) is 12.7. The number of methoxy groups -OCH3 is 1. The van der Waals surface area contributed by atoms with Crippen molar-refractivity contribution in [3.05, 3.63) is 35.0 Å². The number of hydrogen-bond donors (Lipinski definition) is 2. The maximum Gasteiger partial charge on any atom is 0.302 e. The molecule has 1 aromatic carbocycles. The Labute approximate surface area is 226 Å². The molecule has 0 amide bonds. The highest BCUT2D eigenvalue weighted by Crippen LogP contribution is 2.31. The fourth-order valence-corrected chi connectivity index (χ4v) is 4.60. The van der Waals surface area contributed by atoms with Crippen LogP contribution in [0.1, 0.15) is 52.0 Å². The number of nitrogens with one attached hydrogen (secondary N) is 1. The number of esters is 1. The van der Waals surface area contributed by atoms with E-state index in [9.17, 15) is 13.2 Å². The van der Waals surface area contributed by atoms with Crippen LogP contribution in [0.2, 0.25) is 0 Å². The predicted molar refractivity (Wildman–Crippen MR) is 147 cm³/mol. The molecule has 2 rings (SSSR count). The first kappa shape index (κ1) is 31.4. The summed E-state index contributed by atoms with van der Waals surface area (Å²) in [6, 6.07) is 5.74. The molecule has 1 aromatic rings. The Morgan fingerprint density at radius 2 is 1.97 bits per heavy atom. The van der Waals surface area contributed by atoms with Gasteiger partial charge in [-0.25, -0.2) is 4.99 Å². The van der Waals surface area contributed by atoms with E-state index in [-0.39, 0.29) is 24.8 Å². The molecule has 1 heterocycles. The largest absolute Gasteiger partial charge is 0.496 e. The second-order valence-electron chi connectivity index (χ2n) is 9.25. The van der Waals surface area contributed by atoms with E-state index in [1.54, 1.807) is 7.11 Å². The van der Waals surface area contributed by atoms with Crippen LogP contribution in [0.5, 0.6) is 11.5 Å². The molecule has 0 aromatic heterocycles. The van der Waals surface area contributed by atoms with Gasteiger partial charge in [0.05, 0.1) is 33.2 Å². The lowest BCUT2D eigenvalue weighted by atomic mass is 9.97. The van der Waals surface area contributed by atoms with Gasteiger partial charge in [0.2, 0.25) is 0 Å². The molecule has 1 unspecified atom stereocenters. The Hall–Kier alpha value is -2.83. The summed E-state index contributed by atoms with van der Waals surface area (Å²) in [5, 5.41) is 3.71. The van der Waals surface area contributed by atoms with E-state index >= 15 is 0 Å². The smallest absolute Gasteiger partial charge is 0.302 e. The van der Waals surface area contributed by atoms with Crippen LogP contribution < -0.4 is 20.5 Å². The van der Waals surface area contributed by atoms with Gasteiger partial charge in [0, 0.05) is 44.6 Å². The van der Waals surface area contributed by atoms with Crippen molar-refractivity contribution in [2.45, 2.75) is 65.1 Å². The van der Waals surface area contributed by atoms with Crippen molar-refractivity contribution in [2.75, 3.05) is 40.2 Å². The summed E-state index contributed by atoms with van der Waals surface area (Å²) in [5.41, 5.74) is 9.07. The maximum absolute atomic E-state index is 11.2. The van der Waals surface area contributed by atoms with Crippen LogP contribution in [0.15, 0.2) is 34.5 Å². The zero-order valence-corrected chi connectivity index (χ0v) is 24.1. The molecule has 0 saturated carbocycles. The van der Waals surface area contributed by atoms with Crippen LogP contribution in [0.4, 0.5) is 0 Å². The van der Waals surface area contributed by atoms with Crippen molar-refractivity contribution in [2.24, 2.45) is 10.7 Å². The van der Waals surface area contributed by atoms with E-state index in [0.717, 1.165) is 35.9 Å². The van der Waals surface area contributed by atoms with E-state index in [1.165, 1.54) is 6.92 Å². The number of rotatable bonds is 16. The Kier molecular flexibility index (Phi) is 12.3. The molecule has 3 N–H and O–H groups in total. The lowest BCUT2D eigenvalue weighted by molar-refractivity contribution is -0.141. The van der Waals surface area contributed by atoms with Gasteiger partial charge in [0.15, 0.2) is 5.96 Å². The van der Waals surface area contributed by atoms with E-state index in [2.05, 4.69) is 17.2 Å². The SMILES string of the molecule is CCC[C@@H](CCOC(C)=O)NC1C(Cc2ccc(OCCCOS(C)(=O)=O)cc2OC)=C(C)N=C(N)N1C. The van der Waals surface area contributed by atoms with Crippen LogP contribution in [0.25, 0.3) is 0 Å². The zero-order chi connectivity index (χ0) is 28.3. The molecule has 214 valence electrons. The normalized spacial score (nSPS) is 16.7. The number of nitrogens with two attached hydrogens (primary N) is 1. The number of benzene rings is 1. The summed E-state index contributed by atoms with van der Waals surface area (Å²) in [6.45, 7) is 6.19. The van der Waals surface area contributed by atoms with E-state index < -0.39 is 10.1 Å². The Morgan fingerprint density at radius 1 is 1.24 bits per heavy atom. The third kappa shape index (κ3) is 10.1. The van der Waals surface area contributed by atoms with Crippen molar-refractivity contribution < 1.29 is 31.6 Å². The van der Waals surface area contributed by atoms with Crippen molar-refractivity contribution in [1.82, 2.24) is 10.2 Å². The van der Waals surface area contributed by atoms with Crippen LogP contribution in [-0.4, -0.2) is 77.7 Å². The number of allylic oxidation sites excluding steroid dienone is 1. The number of hydrogen-bond acceptors (Lipinski definition) is 11. The number of aliphatic imine (C=N–C) groups is 1. The third-order valence-electron chi connectivity index (χ3n) is 6.12. The summed E-state index contributed by atoms with van der Waals surface area (Å²) in [6.07, 6.45) is 4.40. The van der Waals surface area contributed by atoms with E-state index in [1.807, 2.05) is 37.1 Å². The highest BCUT2D eigenvalue weighted by atomic mass is 32.2. The van der Waals surface area contributed by atoms with Gasteiger partial charge in [-0.1, -0.05) is 19.4 Å². The molecule has 2 atom stereocenters. The molecule has 38 heavy (non-hydrogen) atoms. The lowest BCUT2D eigenvalue weighted by Crippen LogP contribution is -2.55. The van der Waals surface area contributed by atoms with E-state index in [4.69, 9.17) is 24.1 Å². The van der Waals surface area contributed by atoms with Crippen LogP contribution in [0, 0.1) is 0 Å². The van der Waals surface area contributed by atoms with E-state index in [0.29, 0.717) is 49.9 Å². The van der Waals surface area contributed by atoms with Gasteiger partial charge in [-0.05, 0) is 37.0 Å². The minimum absolute atomic E-state index is 0.0624. The number of guanidine groups is 1. The molecular formula is C26H42N4O7S. The highest BCUT2D eigenvalue weighted by Gasteiger charge is 2.29. The quantitative estimate of drug-likeness (QED) is 0.178. The summed E-state index contributed by atoms with van der Waals surface area (Å²) < 4.78 is 43.5. The second-order valence-corrected chi connectivity index (χ2v) is 10.9. The number of ether oxygens (including phenoxy) is 3. The Morgan fingerprint density at radius 3 is 2.61 bits per heavy atom. The van der Waals surface area contributed by atoms with Gasteiger partial charge in [0.1, 0.15) is 17.7 Å². The molecule has 1 aliphatic rings. The van der Waals surface area contributed by atoms with Gasteiger partial charge < -0.3 is 24.8 Å². The molecule has 1 aliphatic heterocycles. The third-order valence-corrected chi connectivity index (χ3v) is 6.72. The number of carbonyl (C=O) groups is 1. The Bertz CT molecular complexity index is 1100. The summed E-state index contributed by atoms with van der Waals surface area (Å²) in [4.78, 5) is 17.7. The van der Waals surface area contributed by atoms with Gasteiger partial charge in [-0.15, -0.1) is 0 Å². The minimum atomic E-state index is -3.46. The minimum Gasteiger partial charge on any atom is -0.496 e. The Balaban J connectivity index is 2.17. The predicted octanol–water partition coefficient (Wildman–Crippen LogP) is 2.55. The van der Waals surface area contributed by atoms with Crippen molar-refractivity contribution >= 4 is 22.0 Å². The first-order chi connectivity index (χ1) is 17.9. The standard InChI is InChI=1S/C26H42N4O7S/c1-7-9-21(12-15-35-19(3)31)29-25-23(18(2)28-26(27)30(25)4)16-20-10-11-22(17-24(20)34-5)36-13-8-14-37-38(6,32)33/h10-11,17,21,25,29H,7-9,12-16H2,1-6H3,(H2,27,28)/t21-,25?/m0/s1. The molecular weight excluding hydrogens is 512 g/mol. The second kappa shape index (κ2) is 14.9. The van der Waals surface area contributed by atoms with Gasteiger partial charge in [-0.3, -0.25) is 14.3 Å². The first-order valence-corrected chi connectivity index (χ1v) is 14.6. The fraction of sp³-hybridized carbons (Fsp3) is 0.615.